The van der Waals surface area contributed by atoms with Crippen LogP contribution in [0.5, 0.6) is 5.75 Å². The molecule has 2 aromatic carbocycles. The summed E-state index contributed by atoms with van der Waals surface area (Å²) in [5.41, 5.74) is 2.32. The molecule has 0 aromatic heterocycles. The van der Waals surface area contributed by atoms with Crippen molar-refractivity contribution >= 4 is 11.6 Å². The van der Waals surface area contributed by atoms with E-state index in [4.69, 9.17) is 14.5 Å². The van der Waals surface area contributed by atoms with Gasteiger partial charge in [-0.25, -0.2) is 9.38 Å². The third kappa shape index (κ3) is 5.33. The van der Waals surface area contributed by atoms with Crippen LogP contribution in [0.4, 0.5) is 10.1 Å². The maximum atomic E-state index is 14.8. The molecule has 1 fully saturated rings. The summed E-state index contributed by atoms with van der Waals surface area (Å²) in [5, 5.41) is 6.88. The SMILES string of the molecule is CCNC(=NCc1ccc(N2CCOCC2)c(F)c1)NC1CC(C)(C)Oc2ccccc21. The normalized spacial score (nSPS) is 20.3. The monoisotopic (exact) mass is 440 g/mol. The molecule has 0 bridgehead atoms. The van der Waals surface area contributed by atoms with E-state index in [1.807, 2.05) is 42.2 Å². The van der Waals surface area contributed by atoms with Crippen LogP contribution in [0.2, 0.25) is 0 Å². The number of hydrogen-bond donors (Lipinski definition) is 2. The van der Waals surface area contributed by atoms with Crippen LogP contribution in [0.3, 0.4) is 0 Å². The zero-order valence-electron chi connectivity index (χ0n) is 19.2. The first-order valence-corrected chi connectivity index (χ1v) is 11.4. The number of rotatable bonds is 5. The highest BCUT2D eigenvalue weighted by molar-refractivity contribution is 5.80. The standard InChI is InChI=1S/C25H33FN4O2/c1-4-27-24(29-21-16-25(2,3)32-23-8-6-5-7-19(21)23)28-17-18-9-10-22(20(26)15-18)30-11-13-31-14-12-30/h5-10,15,21H,4,11-14,16-17H2,1-3H3,(H2,27,28,29). The van der Waals surface area contributed by atoms with Crippen molar-refractivity contribution in [2.45, 2.75) is 45.4 Å². The van der Waals surface area contributed by atoms with Gasteiger partial charge in [0.25, 0.3) is 0 Å². The van der Waals surface area contributed by atoms with E-state index in [1.54, 1.807) is 6.07 Å². The lowest BCUT2D eigenvalue weighted by atomic mass is 9.90. The molecule has 1 saturated heterocycles. The molecule has 1 unspecified atom stereocenters. The van der Waals surface area contributed by atoms with E-state index in [0.29, 0.717) is 44.5 Å². The van der Waals surface area contributed by atoms with Crippen molar-refractivity contribution in [3.8, 4) is 5.75 Å². The van der Waals surface area contributed by atoms with Crippen molar-refractivity contribution in [1.29, 1.82) is 0 Å². The second-order valence-corrected chi connectivity index (χ2v) is 8.88. The topological polar surface area (TPSA) is 58.1 Å². The maximum absolute atomic E-state index is 14.8. The molecule has 7 heteroatoms. The van der Waals surface area contributed by atoms with Crippen molar-refractivity contribution < 1.29 is 13.9 Å². The molecule has 0 spiro atoms. The van der Waals surface area contributed by atoms with Crippen molar-refractivity contribution in [1.82, 2.24) is 10.6 Å². The van der Waals surface area contributed by atoms with Gasteiger partial charge in [0.05, 0.1) is 31.5 Å². The van der Waals surface area contributed by atoms with Crippen molar-refractivity contribution in [2.24, 2.45) is 4.99 Å². The van der Waals surface area contributed by atoms with Crippen LogP contribution in [0, 0.1) is 5.82 Å². The van der Waals surface area contributed by atoms with Gasteiger partial charge in [-0.15, -0.1) is 0 Å². The van der Waals surface area contributed by atoms with Gasteiger partial charge < -0.3 is 25.0 Å². The third-order valence-corrected chi connectivity index (χ3v) is 5.82. The lowest BCUT2D eigenvalue weighted by Crippen LogP contribution is -2.45. The number of halogens is 1. The zero-order valence-corrected chi connectivity index (χ0v) is 19.2. The van der Waals surface area contributed by atoms with Gasteiger partial charge in [0.2, 0.25) is 0 Å². The Hall–Kier alpha value is -2.80. The Bertz CT molecular complexity index is 957. The van der Waals surface area contributed by atoms with E-state index in [2.05, 4.69) is 30.5 Å². The number of hydrogen-bond acceptors (Lipinski definition) is 4. The number of ether oxygens (including phenoxy) is 2. The molecule has 2 aromatic rings. The number of anilines is 1. The molecule has 0 aliphatic carbocycles. The minimum atomic E-state index is -0.276. The van der Waals surface area contributed by atoms with Gasteiger partial charge in [0.15, 0.2) is 5.96 Å². The Morgan fingerprint density at radius 3 is 2.72 bits per heavy atom. The van der Waals surface area contributed by atoms with Crippen LogP contribution in [-0.2, 0) is 11.3 Å². The first kappa shape index (κ1) is 22.4. The van der Waals surface area contributed by atoms with Crippen LogP contribution in [0.15, 0.2) is 47.5 Å². The van der Waals surface area contributed by atoms with Gasteiger partial charge in [-0.3, -0.25) is 0 Å². The molecule has 0 saturated carbocycles. The van der Waals surface area contributed by atoms with Crippen molar-refractivity contribution in [3.05, 3.63) is 59.4 Å². The van der Waals surface area contributed by atoms with E-state index in [-0.39, 0.29) is 17.5 Å². The first-order chi connectivity index (χ1) is 15.4. The summed E-state index contributed by atoms with van der Waals surface area (Å²) in [6.07, 6.45) is 0.817. The van der Waals surface area contributed by atoms with Crippen LogP contribution in [0.1, 0.15) is 44.4 Å². The number of fused-ring (bicyclic) bond motifs is 1. The molecule has 4 rings (SSSR count). The quantitative estimate of drug-likeness (QED) is 0.543. The number of benzene rings is 2. The molecule has 0 radical (unpaired) electrons. The lowest BCUT2D eigenvalue weighted by Gasteiger charge is -2.38. The molecule has 32 heavy (non-hydrogen) atoms. The average Bonchev–Trinajstić information content (AvgIpc) is 2.77. The van der Waals surface area contributed by atoms with E-state index in [0.717, 1.165) is 29.8 Å². The second kappa shape index (κ2) is 9.77. The molecule has 2 aliphatic heterocycles. The minimum absolute atomic E-state index is 0.0770. The van der Waals surface area contributed by atoms with Crippen LogP contribution < -0.4 is 20.3 Å². The van der Waals surface area contributed by atoms with E-state index in [9.17, 15) is 4.39 Å². The molecular weight excluding hydrogens is 407 g/mol. The number of morpholine rings is 1. The Labute approximate surface area is 189 Å². The van der Waals surface area contributed by atoms with E-state index >= 15 is 0 Å². The Balaban J connectivity index is 1.48. The Morgan fingerprint density at radius 2 is 1.97 bits per heavy atom. The summed E-state index contributed by atoms with van der Waals surface area (Å²) in [7, 11) is 0. The van der Waals surface area contributed by atoms with Crippen LogP contribution in [0.25, 0.3) is 0 Å². The summed E-state index contributed by atoms with van der Waals surface area (Å²) < 4.78 is 26.3. The highest BCUT2D eigenvalue weighted by Crippen LogP contribution is 2.39. The van der Waals surface area contributed by atoms with Gasteiger partial charge >= 0.3 is 0 Å². The molecule has 2 heterocycles. The third-order valence-electron chi connectivity index (χ3n) is 5.82. The number of nitrogens with one attached hydrogen (secondary N) is 2. The molecular formula is C25H33FN4O2. The fourth-order valence-electron chi connectivity index (χ4n) is 4.30. The number of para-hydroxylation sites is 1. The summed E-state index contributed by atoms with van der Waals surface area (Å²) in [6, 6.07) is 13.6. The fourth-order valence-corrected chi connectivity index (χ4v) is 4.30. The van der Waals surface area contributed by atoms with Crippen LogP contribution in [-0.4, -0.2) is 44.4 Å². The Kier molecular flexibility index (Phi) is 6.84. The molecule has 2 aliphatic rings. The minimum Gasteiger partial charge on any atom is -0.487 e. The molecule has 1 atom stereocenters. The van der Waals surface area contributed by atoms with E-state index in [1.165, 1.54) is 0 Å². The summed E-state index contributed by atoms with van der Waals surface area (Å²) in [6.45, 7) is 10.1. The average molecular weight is 441 g/mol. The smallest absolute Gasteiger partial charge is 0.192 e. The number of guanidine groups is 1. The van der Waals surface area contributed by atoms with Crippen LogP contribution >= 0.6 is 0 Å². The van der Waals surface area contributed by atoms with Gasteiger partial charge in [-0.05, 0) is 44.5 Å². The van der Waals surface area contributed by atoms with Gasteiger partial charge in [-0.2, -0.15) is 0 Å². The summed E-state index contributed by atoms with van der Waals surface area (Å²) >= 11 is 0. The zero-order chi connectivity index (χ0) is 22.6. The number of nitrogens with zero attached hydrogens (tertiary/aromatic N) is 2. The predicted molar refractivity (Wildman–Crippen MR) is 126 cm³/mol. The predicted octanol–water partition coefficient (Wildman–Crippen LogP) is 4.02. The summed E-state index contributed by atoms with van der Waals surface area (Å²) in [4.78, 5) is 6.76. The largest absolute Gasteiger partial charge is 0.487 e. The highest BCUT2D eigenvalue weighted by atomic mass is 19.1. The number of aliphatic imine (C=N–C) groups is 1. The molecule has 6 nitrogen and oxygen atoms in total. The van der Waals surface area contributed by atoms with E-state index < -0.39 is 0 Å². The van der Waals surface area contributed by atoms with Gasteiger partial charge in [0.1, 0.15) is 17.2 Å². The Morgan fingerprint density at radius 1 is 1.19 bits per heavy atom. The summed E-state index contributed by atoms with van der Waals surface area (Å²) in [5.74, 6) is 1.40. The van der Waals surface area contributed by atoms with Gasteiger partial charge in [0, 0.05) is 31.6 Å². The fraction of sp³-hybridized carbons (Fsp3) is 0.480. The van der Waals surface area contributed by atoms with Gasteiger partial charge in [-0.1, -0.05) is 24.3 Å². The first-order valence-electron chi connectivity index (χ1n) is 11.4. The highest BCUT2D eigenvalue weighted by Gasteiger charge is 2.34. The molecule has 0 amide bonds. The lowest BCUT2D eigenvalue weighted by molar-refractivity contribution is 0.0694. The molecule has 172 valence electrons. The van der Waals surface area contributed by atoms with Crippen molar-refractivity contribution in [2.75, 3.05) is 37.7 Å². The second-order valence-electron chi connectivity index (χ2n) is 8.88. The molecule has 2 N–H and O–H groups in total. The van der Waals surface area contributed by atoms with Crippen molar-refractivity contribution in [3.63, 3.8) is 0 Å². The maximum Gasteiger partial charge on any atom is 0.192 e.